The number of hydrogen-bond donors (Lipinski definition) is 0. The minimum atomic E-state index is -0.966. The summed E-state index contributed by atoms with van der Waals surface area (Å²) in [6, 6.07) is 3.65. The molecule has 0 saturated heterocycles. The molecule has 54 heavy (non-hydrogen) atoms. The predicted octanol–water partition coefficient (Wildman–Crippen LogP) is 14.9. The molecule has 10 aromatic rings. The molecule has 9 aromatic carbocycles. The van der Waals surface area contributed by atoms with Gasteiger partial charge in [0.2, 0.25) is 0 Å². The molecule has 0 spiro atoms. The number of hydrogen-bond acceptors (Lipinski definition) is 2. The second-order valence-corrected chi connectivity index (χ2v) is 12.0. The first-order valence-electron chi connectivity index (χ1n) is 27.6. The van der Waals surface area contributed by atoms with Crippen LogP contribution in [0.5, 0.6) is 0 Å². The molecule has 0 radical (unpaired) electrons. The summed E-state index contributed by atoms with van der Waals surface area (Å²) in [5.74, 6) is 0. The first-order valence-corrected chi connectivity index (χ1v) is 16.6. The Hall–Kier alpha value is -7.16. The van der Waals surface area contributed by atoms with Crippen molar-refractivity contribution in [2.24, 2.45) is 0 Å². The molecule has 0 saturated carbocycles. The summed E-state index contributed by atoms with van der Waals surface area (Å²) in [6.45, 7) is 0. The highest BCUT2D eigenvalue weighted by Crippen LogP contribution is 2.45. The maximum atomic E-state index is 9.70. The van der Waals surface area contributed by atoms with E-state index in [9.17, 15) is 11.0 Å². The fraction of sp³-hybridized carbons (Fsp3) is 0. The molecule has 254 valence electrons. The molecule has 0 unspecified atom stereocenters. The molecule has 0 bridgehead atoms. The fourth-order valence-electron chi connectivity index (χ4n) is 6.39. The Morgan fingerprint density at radius 3 is 1.43 bits per heavy atom. The van der Waals surface area contributed by atoms with Gasteiger partial charge >= 0.3 is 0 Å². The summed E-state index contributed by atoms with van der Waals surface area (Å²) < 4.78 is 203. The summed E-state index contributed by atoms with van der Waals surface area (Å²) in [7, 11) is 0. The van der Waals surface area contributed by atoms with Crippen molar-refractivity contribution in [1.82, 2.24) is 0 Å². The lowest BCUT2D eigenvalue weighted by atomic mass is 9.98. The number of fused-ring (bicyclic) bond motifs is 5. The zero-order chi connectivity index (χ0) is 55.0. The lowest BCUT2D eigenvalue weighted by molar-refractivity contribution is 0.674. The van der Waals surface area contributed by atoms with E-state index in [1.807, 2.05) is 42.5 Å². The Labute approximate surface area is 345 Å². The Morgan fingerprint density at radius 1 is 0.352 bits per heavy atom. The maximum Gasteiger partial charge on any atom is 0.143 e. The van der Waals surface area contributed by atoms with E-state index >= 15 is 0 Å². The summed E-state index contributed by atoms with van der Waals surface area (Å²) in [5, 5.41) is 3.10. The second kappa shape index (κ2) is 13.4. The highest BCUT2D eigenvalue weighted by atomic mass is 16.3. The second-order valence-electron chi connectivity index (χ2n) is 12.0. The van der Waals surface area contributed by atoms with Crippen LogP contribution in [0, 0.1) is 0 Å². The van der Waals surface area contributed by atoms with Crippen molar-refractivity contribution in [2.45, 2.75) is 0 Å². The molecule has 0 aliphatic heterocycles. The molecule has 0 aliphatic carbocycles. The third kappa shape index (κ3) is 5.62. The van der Waals surface area contributed by atoms with E-state index in [0.29, 0.717) is 22.1 Å². The van der Waals surface area contributed by atoms with E-state index in [1.165, 1.54) is 12.1 Å². The van der Waals surface area contributed by atoms with Crippen LogP contribution in [0.4, 0.5) is 17.1 Å². The number of rotatable bonds is 7. The number of anilines is 3. The summed E-state index contributed by atoms with van der Waals surface area (Å²) in [5.41, 5.74) is -4.07. The van der Waals surface area contributed by atoms with Crippen LogP contribution in [-0.4, -0.2) is 0 Å². The molecule has 2 nitrogen and oxygen atoms in total. The highest BCUT2D eigenvalue weighted by molar-refractivity contribution is 6.17. The minimum Gasteiger partial charge on any atom is -0.455 e. The normalized spacial score (nSPS) is 17.0. The number of benzene rings is 9. The lowest BCUT2D eigenvalue weighted by Crippen LogP contribution is -2.11. The van der Waals surface area contributed by atoms with Gasteiger partial charge in [-0.1, -0.05) is 175 Å². The quantitative estimate of drug-likeness (QED) is 0.164. The van der Waals surface area contributed by atoms with Gasteiger partial charge in [-0.05, 0) is 75.1 Å². The van der Waals surface area contributed by atoms with Gasteiger partial charge in [0.1, 0.15) is 11.2 Å². The first-order chi connectivity index (χ1) is 36.0. The van der Waals surface area contributed by atoms with Gasteiger partial charge in [0, 0.05) is 38.7 Å². The van der Waals surface area contributed by atoms with Crippen molar-refractivity contribution in [2.75, 3.05) is 4.90 Å². The van der Waals surface area contributed by atoms with Crippen LogP contribution in [0.2, 0.25) is 0 Å². The van der Waals surface area contributed by atoms with E-state index in [-0.39, 0.29) is 11.3 Å². The van der Waals surface area contributed by atoms with Crippen molar-refractivity contribution in [3.8, 4) is 44.5 Å². The third-order valence-corrected chi connectivity index (χ3v) is 8.87. The minimum absolute atomic E-state index is 0.0579. The molecule has 0 aliphatic rings. The van der Waals surface area contributed by atoms with Gasteiger partial charge in [-0.2, -0.15) is 0 Å². The van der Waals surface area contributed by atoms with Crippen molar-refractivity contribution in [3.05, 3.63) is 212 Å². The Morgan fingerprint density at radius 2 is 0.815 bits per heavy atom. The van der Waals surface area contributed by atoms with E-state index in [1.54, 1.807) is 24.3 Å². The smallest absolute Gasteiger partial charge is 0.143 e. The molecule has 0 fully saturated rings. The molecule has 0 atom stereocenters. The van der Waals surface area contributed by atoms with Gasteiger partial charge in [-0.15, -0.1) is 0 Å². The number of para-hydroxylation sites is 2. The summed E-state index contributed by atoms with van der Waals surface area (Å²) in [6.07, 6.45) is 0. The van der Waals surface area contributed by atoms with E-state index in [2.05, 4.69) is 0 Å². The van der Waals surface area contributed by atoms with Gasteiger partial charge in [-0.25, -0.2) is 0 Å². The molecule has 1 heterocycles. The maximum absolute atomic E-state index is 9.70. The molecule has 10 rings (SSSR count). The Bertz CT molecular complexity index is 4080. The van der Waals surface area contributed by atoms with E-state index in [4.69, 9.17) is 23.6 Å². The first kappa shape index (κ1) is 16.2. The third-order valence-electron chi connectivity index (χ3n) is 8.87. The van der Waals surface area contributed by atoms with Gasteiger partial charge in [-0.3, -0.25) is 0 Å². The van der Waals surface area contributed by atoms with Crippen LogP contribution >= 0.6 is 0 Å². The molecule has 0 N–H and O–H groups in total. The lowest BCUT2D eigenvalue weighted by Gasteiger charge is -2.28. The van der Waals surface area contributed by atoms with Crippen molar-refractivity contribution in [1.29, 1.82) is 0 Å². The fourth-order valence-corrected chi connectivity index (χ4v) is 6.39. The predicted molar refractivity (Wildman–Crippen MR) is 228 cm³/mol. The van der Waals surface area contributed by atoms with Gasteiger partial charge in [0.25, 0.3) is 0 Å². The van der Waals surface area contributed by atoms with E-state index in [0.717, 1.165) is 21.1 Å². The van der Waals surface area contributed by atoms with Gasteiger partial charge < -0.3 is 9.32 Å². The zero-order valence-electron chi connectivity index (χ0n) is 49.9. The van der Waals surface area contributed by atoms with Crippen molar-refractivity contribution >= 4 is 49.8 Å². The zero-order valence-corrected chi connectivity index (χ0v) is 27.9. The van der Waals surface area contributed by atoms with Crippen LogP contribution in [-0.2, 0) is 0 Å². The van der Waals surface area contributed by atoms with Gasteiger partial charge in [0.05, 0.1) is 35.8 Å². The Balaban J connectivity index is 1.29. The summed E-state index contributed by atoms with van der Waals surface area (Å²) in [4.78, 5) is 0.972. The molecule has 0 amide bonds. The van der Waals surface area contributed by atoms with Crippen LogP contribution in [0.15, 0.2) is 216 Å². The number of nitrogens with zero attached hydrogens (tertiary/aromatic N) is 1. The molecular formula is C52H35NO. The molecular weight excluding hydrogens is 655 g/mol. The largest absolute Gasteiger partial charge is 0.455 e. The molecule has 2 heteroatoms. The Kier molecular flexibility index (Phi) is 4.04. The average molecular weight is 712 g/mol. The topological polar surface area (TPSA) is 16.4 Å². The standard InChI is InChI=1S/C52H35NO/c1-3-12-36(13-4-1)38-22-24-39(25-23-38)41-28-33-44(34-29-41)53(43-31-26-40(27-32-43)37-14-5-2-6-15-37)50-21-10-9-18-46(50)47-19-11-20-48-49-35-30-42-16-7-8-17-45(42)51(49)54-52(47)48/h1-35H/i1D,2D,3D,4D,5D,6D,12D,13D,14D,15D,22D,23D,24D,25D,26D,27D,28D,29D,31D,32D,33D,34D. The van der Waals surface area contributed by atoms with Gasteiger partial charge in [0.15, 0.2) is 0 Å². The van der Waals surface area contributed by atoms with E-state index < -0.39 is 178 Å². The van der Waals surface area contributed by atoms with Crippen molar-refractivity contribution < 1.29 is 34.6 Å². The van der Waals surface area contributed by atoms with Crippen molar-refractivity contribution in [3.63, 3.8) is 0 Å². The van der Waals surface area contributed by atoms with Crippen LogP contribution in [0.1, 0.15) is 30.2 Å². The van der Waals surface area contributed by atoms with Crippen LogP contribution in [0.3, 0.4) is 0 Å². The summed E-state index contributed by atoms with van der Waals surface area (Å²) >= 11 is 0. The number of furan rings is 1. The van der Waals surface area contributed by atoms with Crippen LogP contribution in [0.25, 0.3) is 77.2 Å². The van der Waals surface area contributed by atoms with Crippen LogP contribution < -0.4 is 4.90 Å². The SMILES string of the molecule is [2H]c1c([2H])c([2H])c(-c2c([2H])c([2H])c(-c3c([2H])c([2H])c(N(c4ccccc4-c4cccc5c4oc4c6ccccc6ccc54)c4c([2H])c([2H])c(-c5c([2H])c([2H])c([2H])c([2H])c5[2H])c([2H])c4[2H])c([2H])c3[2H])c([2H])c2[2H])c([2H])c1[2H]. The molecule has 1 aromatic heterocycles. The monoisotopic (exact) mass is 711 g/mol. The average Bonchev–Trinajstić information content (AvgIpc) is 3.86. The highest BCUT2D eigenvalue weighted by Gasteiger charge is 2.21.